The second-order valence-corrected chi connectivity index (χ2v) is 20.0. The maximum Gasteiger partial charge on any atom is 0.339 e. The molecule has 4 fully saturated rings. The van der Waals surface area contributed by atoms with E-state index >= 15 is 0 Å². The van der Waals surface area contributed by atoms with E-state index in [-0.39, 0.29) is 17.3 Å². The number of para-hydroxylation sites is 1. The molecule has 13 nitrogen and oxygen atoms in total. The molecule has 9 rings (SSSR count). The van der Waals surface area contributed by atoms with Crippen LogP contribution in [0.2, 0.25) is 5.15 Å². The van der Waals surface area contributed by atoms with Crippen LogP contribution in [0.5, 0.6) is 0 Å². The van der Waals surface area contributed by atoms with Crippen LogP contribution in [0, 0.1) is 0 Å². The first-order valence-corrected chi connectivity index (χ1v) is 21.7. The monoisotopic (exact) mass is 813 g/mol. The molecule has 6 heterocycles. The summed E-state index contributed by atoms with van der Waals surface area (Å²) in [5.74, 6) is -0.206. The highest BCUT2D eigenvalue weighted by molar-refractivity contribution is 8.24. The quantitative estimate of drug-likeness (QED) is 0.141. The van der Waals surface area contributed by atoms with Gasteiger partial charge in [-0.1, -0.05) is 29.8 Å². The van der Waals surface area contributed by atoms with Gasteiger partial charge in [0, 0.05) is 87.4 Å². The van der Waals surface area contributed by atoms with Crippen molar-refractivity contribution in [3.8, 4) is 0 Å². The molecule has 2 spiro atoms. The highest BCUT2D eigenvalue weighted by Gasteiger charge is 2.46. The van der Waals surface area contributed by atoms with Gasteiger partial charge in [0.15, 0.2) is 22.9 Å². The summed E-state index contributed by atoms with van der Waals surface area (Å²) in [5, 5.41) is 4.35. The lowest BCUT2D eigenvalue weighted by Crippen LogP contribution is -2.26. The molecule has 2 saturated heterocycles. The summed E-state index contributed by atoms with van der Waals surface area (Å²) >= 11 is 20.1. The van der Waals surface area contributed by atoms with E-state index in [2.05, 4.69) is 70.9 Å². The van der Waals surface area contributed by atoms with Gasteiger partial charge in [0.05, 0.1) is 38.3 Å². The fourth-order valence-corrected chi connectivity index (χ4v) is 7.20. The van der Waals surface area contributed by atoms with Crippen molar-refractivity contribution >= 4 is 67.5 Å². The third kappa shape index (κ3) is 9.88. The van der Waals surface area contributed by atoms with Gasteiger partial charge in [-0.05, 0) is 64.8 Å². The van der Waals surface area contributed by atoms with E-state index in [1.807, 2.05) is 44.4 Å². The Hall–Kier alpha value is -2.71. The summed E-state index contributed by atoms with van der Waals surface area (Å²) in [6, 6.07) is 17.4. The Balaban J connectivity index is 0.000000133. The maximum atomic E-state index is 12.0. The normalized spacial score (nSPS) is 21.4. The standard InChI is InChI=1S/C13H14ClN3O2.C13H15N3O3.C8H11N.Cl3OP/c14-11-7-10(16-12-2-4-15-17(11)12)9-1-3-13(8-9)18-5-6-19-13;17-12-7-10(15-11-2-4-14-16(11)12)9-1-3-13(8-9)18-5-6-19-13;1-9(2)8-6-4-3-5-7-8;1-5(2,3)4/h2,4,7,9H,1,3,5-6,8H2;2,4,7,9,14H,1,3,5-6,8H2;3-7H,1-2H3;. The molecule has 2 aliphatic carbocycles. The minimum Gasteiger partial charge on any atom is -0.378 e. The lowest BCUT2D eigenvalue weighted by Gasteiger charge is -2.21. The molecule has 2 saturated carbocycles. The molecule has 0 amide bonds. The largest absolute Gasteiger partial charge is 0.378 e. The van der Waals surface area contributed by atoms with Crippen molar-refractivity contribution in [2.45, 2.75) is 61.9 Å². The number of rotatable bonds is 3. The third-order valence-electron chi connectivity index (χ3n) is 9.33. The molecule has 4 aromatic heterocycles. The van der Waals surface area contributed by atoms with Crippen molar-refractivity contribution < 1.29 is 23.5 Å². The second kappa shape index (κ2) is 16.8. The zero-order chi connectivity index (χ0) is 36.9. The smallest absolute Gasteiger partial charge is 0.339 e. The first-order chi connectivity index (χ1) is 24.8. The summed E-state index contributed by atoms with van der Waals surface area (Å²) in [5.41, 5.74) is 4.49. The highest BCUT2D eigenvalue weighted by atomic mass is 36.0. The number of aromatic nitrogens is 6. The topological polar surface area (TPSA) is 138 Å². The predicted octanol–water partition coefficient (Wildman–Crippen LogP) is 7.99. The van der Waals surface area contributed by atoms with E-state index in [4.69, 9.17) is 30.5 Å². The molecule has 0 bridgehead atoms. The first-order valence-electron chi connectivity index (χ1n) is 16.9. The van der Waals surface area contributed by atoms with Gasteiger partial charge < -0.3 is 23.8 Å². The van der Waals surface area contributed by atoms with E-state index in [9.17, 15) is 9.36 Å². The number of halogens is 4. The molecule has 1 aromatic carbocycles. The lowest BCUT2D eigenvalue weighted by molar-refractivity contribution is -0.151. The number of aromatic amines is 1. The molecule has 52 heavy (non-hydrogen) atoms. The predicted molar refractivity (Wildman–Crippen MR) is 202 cm³/mol. The molecule has 5 aromatic rings. The zero-order valence-electron chi connectivity index (χ0n) is 28.7. The number of benzene rings is 1. The molecule has 2 aliphatic heterocycles. The molecule has 2 atom stereocenters. The van der Waals surface area contributed by atoms with Crippen LogP contribution in [0.1, 0.15) is 61.7 Å². The number of anilines is 1. The van der Waals surface area contributed by atoms with Crippen LogP contribution in [0.25, 0.3) is 11.3 Å². The van der Waals surface area contributed by atoms with Crippen molar-refractivity contribution in [3.05, 3.63) is 93.9 Å². The maximum absolute atomic E-state index is 12.0. The van der Waals surface area contributed by atoms with Gasteiger partial charge >= 0.3 is 5.20 Å². The van der Waals surface area contributed by atoms with E-state index in [0.717, 1.165) is 55.6 Å². The van der Waals surface area contributed by atoms with Crippen molar-refractivity contribution in [2.24, 2.45) is 0 Å². The summed E-state index contributed by atoms with van der Waals surface area (Å²) < 4.78 is 35.5. The Bertz CT molecular complexity index is 2040. The second-order valence-electron chi connectivity index (χ2n) is 13.0. The molecule has 280 valence electrons. The van der Waals surface area contributed by atoms with Crippen LogP contribution < -0.4 is 10.5 Å². The summed E-state index contributed by atoms with van der Waals surface area (Å²) in [4.78, 5) is 23.2. The van der Waals surface area contributed by atoms with Gasteiger partial charge in [-0.2, -0.15) is 5.10 Å². The molecule has 0 radical (unpaired) electrons. The Kier molecular flexibility index (Phi) is 12.6. The number of nitrogens with one attached hydrogen (secondary N) is 1. The highest BCUT2D eigenvalue weighted by Crippen LogP contribution is 2.61. The number of H-pyrrole nitrogens is 1. The van der Waals surface area contributed by atoms with E-state index < -0.39 is 11.0 Å². The van der Waals surface area contributed by atoms with Crippen LogP contribution in [0.15, 0.2) is 71.8 Å². The Labute approximate surface area is 320 Å². The van der Waals surface area contributed by atoms with Gasteiger partial charge in [-0.25, -0.2) is 19.0 Å². The van der Waals surface area contributed by atoms with Gasteiger partial charge in [0.25, 0.3) is 5.56 Å². The average molecular weight is 816 g/mol. The summed E-state index contributed by atoms with van der Waals surface area (Å²) in [7, 11) is 4.07. The lowest BCUT2D eigenvalue weighted by atomic mass is 10.0. The molecule has 18 heteroatoms. The number of hydrogen-bond donors (Lipinski definition) is 1. The zero-order valence-corrected chi connectivity index (χ0v) is 32.6. The van der Waals surface area contributed by atoms with Crippen molar-refractivity contribution in [2.75, 3.05) is 45.4 Å². The minimum absolute atomic E-state index is 0.0702. The Morgan fingerprint density at radius 3 is 1.90 bits per heavy atom. The molecule has 4 aliphatic rings. The van der Waals surface area contributed by atoms with Gasteiger partial charge in [-0.3, -0.25) is 14.5 Å². The van der Waals surface area contributed by atoms with Gasteiger partial charge in [0.1, 0.15) is 5.15 Å². The van der Waals surface area contributed by atoms with Crippen molar-refractivity contribution in [1.29, 1.82) is 0 Å². The van der Waals surface area contributed by atoms with E-state index in [1.54, 1.807) is 29.0 Å². The number of hydrogen-bond acceptors (Lipinski definition) is 10. The van der Waals surface area contributed by atoms with Gasteiger partial charge in [-0.15, -0.1) is 0 Å². The fraction of sp³-hybridized carbons (Fsp3) is 0.471. The first kappa shape index (κ1) is 39.0. The number of ether oxygens (including phenoxy) is 4. The van der Waals surface area contributed by atoms with Crippen LogP contribution in [0.3, 0.4) is 0 Å². The molecule has 2 unspecified atom stereocenters. The van der Waals surface area contributed by atoms with Crippen LogP contribution >= 0.6 is 50.5 Å². The third-order valence-corrected chi connectivity index (χ3v) is 9.60. The Morgan fingerprint density at radius 1 is 0.827 bits per heavy atom. The van der Waals surface area contributed by atoms with Crippen molar-refractivity contribution in [1.82, 2.24) is 29.2 Å². The number of fused-ring (bicyclic) bond motifs is 2. The molecule has 1 N–H and O–H groups in total. The fourth-order valence-electron chi connectivity index (χ4n) is 6.95. The van der Waals surface area contributed by atoms with Crippen LogP contribution in [-0.4, -0.2) is 81.3 Å². The molecular weight excluding hydrogens is 775 g/mol. The Morgan fingerprint density at radius 2 is 1.37 bits per heavy atom. The van der Waals surface area contributed by atoms with Crippen LogP contribution in [-0.2, 0) is 23.5 Å². The van der Waals surface area contributed by atoms with E-state index in [0.29, 0.717) is 43.1 Å². The SMILES string of the molecule is CN(C)c1ccccc1.Clc1cc(C2CCC3(C2)OCCO3)nc2ccnn12.O=P(Cl)(Cl)Cl.O=c1cc(C2CCC3(C2)OCCO3)nc2cc[nH]n12. The van der Waals surface area contributed by atoms with E-state index in [1.165, 1.54) is 10.2 Å². The molecular formula is C34H40Cl4N7O6P. The minimum atomic E-state index is -3.22. The average Bonchev–Trinajstić information content (AvgIpc) is 3.96. The van der Waals surface area contributed by atoms with Crippen LogP contribution in [0.4, 0.5) is 5.69 Å². The van der Waals surface area contributed by atoms with Gasteiger partial charge in [0.2, 0.25) is 0 Å². The summed E-state index contributed by atoms with van der Waals surface area (Å²) in [6.45, 7) is 2.73. The number of nitrogens with zero attached hydrogens (tertiary/aromatic N) is 6. The summed E-state index contributed by atoms with van der Waals surface area (Å²) in [6.07, 6.45) is 8.86. The van der Waals surface area contributed by atoms with Crippen molar-refractivity contribution in [3.63, 3.8) is 0 Å².